The second kappa shape index (κ2) is 7.45. The minimum absolute atomic E-state index is 0.162. The maximum Gasteiger partial charge on any atom is 0.407 e. The van der Waals surface area contributed by atoms with Crippen molar-refractivity contribution in [2.75, 3.05) is 13.2 Å². The van der Waals surface area contributed by atoms with E-state index in [0.717, 1.165) is 38.8 Å². The summed E-state index contributed by atoms with van der Waals surface area (Å²) in [6.07, 6.45) is 6.84. The van der Waals surface area contributed by atoms with E-state index in [2.05, 4.69) is 10.6 Å². The molecular formula is C16H30N2O3. The molecule has 5 heteroatoms. The van der Waals surface area contributed by atoms with Gasteiger partial charge in [0.25, 0.3) is 0 Å². The fourth-order valence-electron chi connectivity index (χ4n) is 3.10. The molecule has 122 valence electrons. The van der Waals surface area contributed by atoms with E-state index >= 15 is 0 Å². The summed E-state index contributed by atoms with van der Waals surface area (Å²) in [6, 6.07) is 0.491. The molecule has 0 aromatic rings. The fraction of sp³-hybridized carbons (Fsp3) is 0.938. The Kier molecular flexibility index (Phi) is 5.88. The standard InChI is InChI=1S/C16H30N2O3/c1-16(2,3)21-15(19)18-14-9-5-4-8-13(14)17-11-12-7-6-10-20-12/h12-14,17H,4-11H2,1-3H3,(H,18,19)/t12-,13-,14-/m1/s1. The second-order valence-corrected chi connectivity index (χ2v) is 7.19. The monoisotopic (exact) mass is 298 g/mol. The summed E-state index contributed by atoms with van der Waals surface area (Å²) < 4.78 is 11.0. The van der Waals surface area contributed by atoms with E-state index in [1.807, 2.05) is 20.8 Å². The highest BCUT2D eigenvalue weighted by Crippen LogP contribution is 2.20. The molecule has 1 heterocycles. The van der Waals surface area contributed by atoms with Crippen molar-refractivity contribution in [2.45, 2.75) is 83.1 Å². The van der Waals surface area contributed by atoms with Crippen LogP contribution >= 0.6 is 0 Å². The third-order valence-electron chi connectivity index (χ3n) is 4.10. The van der Waals surface area contributed by atoms with E-state index in [4.69, 9.17) is 9.47 Å². The average molecular weight is 298 g/mol. The molecule has 0 aromatic carbocycles. The molecule has 2 fully saturated rings. The summed E-state index contributed by atoms with van der Waals surface area (Å²) in [5, 5.41) is 6.62. The van der Waals surface area contributed by atoms with E-state index < -0.39 is 5.60 Å². The van der Waals surface area contributed by atoms with Crippen LogP contribution < -0.4 is 10.6 Å². The van der Waals surface area contributed by atoms with Crippen LogP contribution in [-0.2, 0) is 9.47 Å². The predicted octanol–water partition coefficient (Wildman–Crippen LogP) is 2.59. The zero-order valence-corrected chi connectivity index (χ0v) is 13.6. The van der Waals surface area contributed by atoms with Gasteiger partial charge in [-0.2, -0.15) is 0 Å². The van der Waals surface area contributed by atoms with Crippen LogP contribution in [0, 0.1) is 0 Å². The van der Waals surface area contributed by atoms with Gasteiger partial charge in [-0.1, -0.05) is 12.8 Å². The zero-order valence-electron chi connectivity index (χ0n) is 13.6. The predicted molar refractivity (Wildman–Crippen MR) is 82.4 cm³/mol. The topological polar surface area (TPSA) is 59.6 Å². The first-order chi connectivity index (χ1) is 9.94. The summed E-state index contributed by atoms with van der Waals surface area (Å²) in [5.74, 6) is 0. The van der Waals surface area contributed by atoms with Gasteiger partial charge in [0.1, 0.15) is 5.60 Å². The van der Waals surface area contributed by atoms with Crippen molar-refractivity contribution in [1.29, 1.82) is 0 Å². The highest BCUT2D eigenvalue weighted by molar-refractivity contribution is 5.68. The van der Waals surface area contributed by atoms with Gasteiger partial charge in [0, 0.05) is 25.2 Å². The molecular weight excluding hydrogens is 268 g/mol. The van der Waals surface area contributed by atoms with Crippen LogP contribution in [0.2, 0.25) is 0 Å². The van der Waals surface area contributed by atoms with Crippen molar-refractivity contribution in [3.63, 3.8) is 0 Å². The Morgan fingerprint density at radius 3 is 2.48 bits per heavy atom. The van der Waals surface area contributed by atoms with E-state index in [-0.39, 0.29) is 12.1 Å². The summed E-state index contributed by atoms with van der Waals surface area (Å²) in [5.41, 5.74) is -0.445. The molecule has 1 amide bonds. The molecule has 1 aliphatic heterocycles. The normalized spacial score (nSPS) is 30.1. The van der Waals surface area contributed by atoms with E-state index in [9.17, 15) is 4.79 Å². The number of hydrogen-bond donors (Lipinski definition) is 2. The van der Waals surface area contributed by atoms with E-state index in [0.29, 0.717) is 12.1 Å². The van der Waals surface area contributed by atoms with Gasteiger partial charge in [-0.15, -0.1) is 0 Å². The zero-order chi connectivity index (χ0) is 15.3. The van der Waals surface area contributed by atoms with E-state index in [1.165, 1.54) is 12.8 Å². The lowest BCUT2D eigenvalue weighted by atomic mass is 9.90. The van der Waals surface area contributed by atoms with E-state index in [1.54, 1.807) is 0 Å². The second-order valence-electron chi connectivity index (χ2n) is 7.19. The third-order valence-corrected chi connectivity index (χ3v) is 4.10. The van der Waals surface area contributed by atoms with Crippen molar-refractivity contribution in [3.05, 3.63) is 0 Å². The number of hydrogen-bond acceptors (Lipinski definition) is 4. The molecule has 0 radical (unpaired) electrons. The number of nitrogens with one attached hydrogen (secondary N) is 2. The van der Waals surface area contributed by atoms with Crippen molar-refractivity contribution < 1.29 is 14.3 Å². The fourth-order valence-corrected chi connectivity index (χ4v) is 3.10. The van der Waals surface area contributed by atoms with Crippen LogP contribution in [0.15, 0.2) is 0 Å². The van der Waals surface area contributed by atoms with Crippen LogP contribution in [0.4, 0.5) is 4.79 Å². The van der Waals surface area contributed by atoms with Crippen LogP contribution in [0.5, 0.6) is 0 Å². The maximum absolute atomic E-state index is 11.9. The molecule has 1 aliphatic carbocycles. The summed E-state index contributed by atoms with van der Waals surface area (Å²) in [6.45, 7) is 7.44. The molecule has 5 nitrogen and oxygen atoms in total. The highest BCUT2D eigenvalue weighted by Gasteiger charge is 2.29. The first-order valence-electron chi connectivity index (χ1n) is 8.28. The lowest BCUT2D eigenvalue weighted by Gasteiger charge is -2.34. The van der Waals surface area contributed by atoms with Gasteiger partial charge >= 0.3 is 6.09 Å². The highest BCUT2D eigenvalue weighted by atomic mass is 16.6. The van der Waals surface area contributed by atoms with Crippen LogP contribution in [0.25, 0.3) is 0 Å². The Hall–Kier alpha value is -0.810. The van der Waals surface area contributed by atoms with Gasteiger partial charge in [0.15, 0.2) is 0 Å². The molecule has 21 heavy (non-hydrogen) atoms. The Labute approximate surface area is 128 Å². The lowest BCUT2D eigenvalue weighted by molar-refractivity contribution is 0.0474. The molecule has 0 unspecified atom stereocenters. The number of ether oxygens (including phenoxy) is 2. The smallest absolute Gasteiger partial charge is 0.407 e. The SMILES string of the molecule is CC(C)(C)OC(=O)N[C@@H]1CCCC[C@H]1NC[C@H]1CCCO1. The quantitative estimate of drug-likeness (QED) is 0.837. The summed E-state index contributed by atoms with van der Waals surface area (Å²) in [4.78, 5) is 11.9. The van der Waals surface area contributed by atoms with Crippen LogP contribution in [0.1, 0.15) is 59.3 Å². The third kappa shape index (κ3) is 5.83. The van der Waals surface area contributed by atoms with Crippen molar-refractivity contribution >= 4 is 6.09 Å². The average Bonchev–Trinajstić information content (AvgIpc) is 2.88. The first-order valence-corrected chi connectivity index (χ1v) is 8.28. The van der Waals surface area contributed by atoms with Crippen LogP contribution in [0.3, 0.4) is 0 Å². The summed E-state index contributed by atoms with van der Waals surface area (Å²) >= 11 is 0. The van der Waals surface area contributed by atoms with Gasteiger partial charge in [-0.25, -0.2) is 4.79 Å². The van der Waals surface area contributed by atoms with Gasteiger partial charge in [0.2, 0.25) is 0 Å². The van der Waals surface area contributed by atoms with Crippen molar-refractivity contribution in [1.82, 2.24) is 10.6 Å². The molecule has 2 rings (SSSR count). The number of rotatable bonds is 4. The number of amides is 1. The molecule has 1 saturated carbocycles. The van der Waals surface area contributed by atoms with Gasteiger partial charge in [-0.3, -0.25) is 0 Å². The van der Waals surface area contributed by atoms with Gasteiger partial charge < -0.3 is 20.1 Å². The van der Waals surface area contributed by atoms with Crippen molar-refractivity contribution in [3.8, 4) is 0 Å². The Bertz CT molecular complexity index is 335. The minimum atomic E-state index is -0.445. The van der Waals surface area contributed by atoms with Crippen molar-refractivity contribution in [2.24, 2.45) is 0 Å². The molecule has 2 N–H and O–H groups in total. The molecule has 2 aliphatic rings. The Balaban J connectivity index is 1.78. The molecule has 0 aromatic heterocycles. The summed E-state index contributed by atoms with van der Waals surface area (Å²) in [7, 11) is 0. The largest absolute Gasteiger partial charge is 0.444 e. The molecule has 3 atom stereocenters. The first kappa shape index (κ1) is 16.6. The number of carbonyl (C=O) groups is 1. The van der Waals surface area contributed by atoms with Crippen LogP contribution in [-0.4, -0.2) is 43.0 Å². The number of carbonyl (C=O) groups excluding carboxylic acids is 1. The molecule has 1 saturated heterocycles. The maximum atomic E-state index is 11.9. The molecule has 0 bridgehead atoms. The van der Waals surface area contributed by atoms with Gasteiger partial charge in [-0.05, 0) is 46.5 Å². The Morgan fingerprint density at radius 2 is 1.86 bits per heavy atom. The Morgan fingerprint density at radius 1 is 1.14 bits per heavy atom. The molecule has 0 spiro atoms. The minimum Gasteiger partial charge on any atom is -0.444 e. The van der Waals surface area contributed by atoms with Gasteiger partial charge in [0.05, 0.1) is 6.10 Å². The lowest BCUT2D eigenvalue weighted by Crippen LogP contribution is -2.53. The number of alkyl carbamates (subject to hydrolysis) is 1.